The van der Waals surface area contributed by atoms with Crippen molar-refractivity contribution in [3.63, 3.8) is 0 Å². The molecule has 5 heteroatoms. The highest BCUT2D eigenvalue weighted by atomic mass is 16.6. The number of ketones is 1. The Morgan fingerprint density at radius 1 is 1.26 bits per heavy atom. The van der Waals surface area contributed by atoms with Gasteiger partial charge in [-0.15, -0.1) is 0 Å². The second-order valence-electron chi connectivity index (χ2n) is 3.82. The maximum atomic E-state index is 11.4. The van der Waals surface area contributed by atoms with E-state index in [1.165, 1.54) is 12.2 Å². The molecule has 0 bridgehead atoms. The summed E-state index contributed by atoms with van der Waals surface area (Å²) in [5.74, 6) is -0.217. The van der Waals surface area contributed by atoms with E-state index in [0.717, 1.165) is 5.56 Å². The van der Waals surface area contributed by atoms with Gasteiger partial charge in [-0.05, 0) is 30.7 Å². The van der Waals surface area contributed by atoms with Gasteiger partial charge < -0.3 is 14.2 Å². The highest BCUT2D eigenvalue weighted by Gasteiger charge is 2.12. The van der Waals surface area contributed by atoms with Crippen molar-refractivity contribution in [1.29, 1.82) is 0 Å². The van der Waals surface area contributed by atoms with Crippen molar-refractivity contribution >= 4 is 17.8 Å². The second kappa shape index (κ2) is 6.04. The average molecular weight is 262 g/mol. The molecule has 5 nitrogen and oxygen atoms in total. The van der Waals surface area contributed by atoms with Gasteiger partial charge >= 0.3 is 5.97 Å². The molecule has 0 unspecified atom stereocenters. The molecule has 1 aromatic carbocycles. The standard InChI is InChI=1S/C14H14O5/c1-2-17-14(16)11(15)5-3-10-4-6-12-13(9-10)19-8-7-18-12/h3-6,9H,2,7-8H2,1H3/b5-3+. The Labute approximate surface area is 110 Å². The SMILES string of the molecule is CCOC(=O)C(=O)/C=C/c1ccc2c(c1)OCCO2. The molecule has 0 radical (unpaired) electrons. The van der Waals surface area contributed by atoms with Gasteiger partial charge in [-0.2, -0.15) is 0 Å². The van der Waals surface area contributed by atoms with Crippen LogP contribution in [0.15, 0.2) is 24.3 Å². The number of rotatable bonds is 4. The monoisotopic (exact) mass is 262 g/mol. The zero-order chi connectivity index (χ0) is 13.7. The van der Waals surface area contributed by atoms with Crippen LogP contribution in [0.3, 0.4) is 0 Å². The van der Waals surface area contributed by atoms with Crippen molar-refractivity contribution in [2.24, 2.45) is 0 Å². The molecule has 0 atom stereocenters. The summed E-state index contributed by atoms with van der Waals surface area (Å²) in [5.41, 5.74) is 0.752. The maximum Gasteiger partial charge on any atom is 0.379 e. The smallest absolute Gasteiger partial charge is 0.379 e. The van der Waals surface area contributed by atoms with E-state index in [2.05, 4.69) is 4.74 Å². The van der Waals surface area contributed by atoms with Crippen LogP contribution in [0.4, 0.5) is 0 Å². The molecule has 2 rings (SSSR count). The molecule has 0 aliphatic carbocycles. The Balaban J connectivity index is 2.06. The quantitative estimate of drug-likeness (QED) is 0.468. The summed E-state index contributed by atoms with van der Waals surface area (Å²) in [6.45, 7) is 2.86. The van der Waals surface area contributed by atoms with Gasteiger partial charge in [0.05, 0.1) is 6.61 Å². The molecule has 0 aromatic heterocycles. The molecule has 0 saturated carbocycles. The van der Waals surface area contributed by atoms with Crippen molar-refractivity contribution in [1.82, 2.24) is 0 Å². The van der Waals surface area contributed by atoms with E-state index < -0.39 is 11.8 Å². The number of fused-ring (bicyclic) bond motifs is 1. The Morgan fingerprint density at radius 2 is 2.00 bits per heavy atom. The number of hydrogen-bond donors (Lipinski definition) is 0. The van der Waals surface area contributed by atoms with E-state index in [0.29, 0.717) is 24.7 Å². The lowest BCUT2D eigenvalue weighted by Crippen LogP contribution is -2.15. The van der Waals surface area contributed by atoms with Gasteiger partial charge in [-0.1, -0.05) is 12.1 Å². The Bertz CT molecular complexity index is 519. The van der Waals surface area contributed by atoms with Crippen LogP contribution in [-0.2, 0) is 14.3 Å². The van der Waals surface area contributed by atoms with Crippen LogP contribution < -0.4 is 9.47 Å². The minimum absolute atomic E-state index is 0.183. The normalized spacial score (nSPS) is 13.3. The van der Waals surface area contributed by atoms with E-state index in [4.69, 9.17) is 9.47 Å². The van der Waals surface area contributed by atoms with Crippen LogP contribution in [0, 0.1) is 0 Å². The van der Waals surface area contributed by atoms with Crippen molar-refractivity contribution < 1.29 is 23.8 Å². The van der Waals surface area contributed by atoms with E-state index in [-0.39, 0.29) is 6.61 Å². The molecule has 1 aliphatic heterocycles. The first-order valence-corrected chi connectivity index (χ1v) is 5.99. The highest BCUT2D eigenvalue weighted by molar-refractivity contribution is 6.39. The van der Waals surface area contributed by atoms with Crippen LogP contribution >= 0.6 is 0 Å². The van der Waals surface area contributed by atoms with Crippen molar-refractivity contribution in [2.75, 3.05) is 19.8 Å². The van der Waals surface area contributed by atoms with Crippen LogP contribution in [-0.4, -0.2) is 31.6 Å². The number of carbonyl (C=O) groups excluding carboxylic acids is 2. The van der Waals surface area contributed by atoms with Crippen LogP contribution in [0.2, 0.25) is 0 Å². The zero-order valence-electron chi connectivity index (χ0n) is 10.5. The fourth-order valence-electron chi connectivity index (χ4n) is 1.61. The van der Waals surface area contributed by atoms with Crippen LogP contribution in [0.5, 0.6) is 11.5 Å². The van der Waals surface area contributed by atoms with Gasteiger partial charge in [0.25, 0.3) is 5.78 Å². The van der Waals surface area contributed by atoms with E-state index in [9.17, 15) is 9.59 Å². The summed E-state index contributed by atoms with van der Waals surface area (Å²) in [4.78, 5) is 22.5. The first kappa shape index (κ1) is 13.1. The molecule has 0 amide bonds. The molecule has 19 heavy (non-hydrogen) atoms. The van der Waals surface area contributed by atoms with Gasteiger partial charge in [0.15, 0.2) is 11.5 Å². The Hall–Kier alpha value is -2.30. The fourth-order valence-corrected chi connectivity index (χ4v) is 1.61. The van der Waals surface area contributed by atoms with Gasteiger partial charge in [-0.3, -0.25) is 4.79 Å². The number of ether oxygens (including phenoxy) is 3. The molecule has 0 N–H and O–H groups in total. The minimum Gasteiger partial charge on any atom is -0.486 e. The average Bonchev–Trinajstić information content (AvgIpc) is 2.44. The van der Waals surface area contributed by atoms with Gasteiger partial charge in [0.2, 0.25) is 0 Å². The van der Waals surface area contributed by atoms with Crippen molar-refractivity contribution in [2.45, 2.75) is 6.92 Å². The molecular weight excluding hydrogens is 248 g/mol. The predicted molar refractivity (Wildman–Crippen MR) is 68.1 cm³/mol. The second-order valence-corrected chi connectivity index (χ2v) is 3.82. The molecule has 1 heterocycles. The number of benzene rings is 1. The van der Waals surface area contributed by atoms with Crippen molar-refractivity contribution in [3.8, 4) is 11.5 Å². The summed E-state index contributed by atoms with van der Waals surface area (Å²) in [6.07, 6.45) is 2.72. The Morgan fingerprint density at radius 3 is 2.74 bits per heavy atom. The first-order valence-electron chi connectivity index (χ1n) is 5.99. The van der Waals surface area contributed by atoms with Gasteiger partial charge in [0, 0.05) is 0 Å². The first-order chi connectivity index (χ1) is 9.20. The summed E-state index contributed by atoms with van der Waals surface area (Å²) < 4.78 is 15.4. The summed E-state index contributed by atoms with van der Waals surface area (Å²) in [5, 5.41) is 0. The van der Waals surface area contributed by atoms with E-state index in [1.54, 1.807) is 25.1 Å². The molecule has 0 saturated heterocycles. The zero-order valence-corrected chi connectivity index (χ0v) is 10.5. The Kier molecular flexibility index (Phi) is 4.18. The maximum absolute atomic E-state index is 11.4. The van der Waals surface area contributed by atoms with E-state index >= 15 is 0 Å². The van der Waals surface area contributed by atoms with Crippen molar-refractivity contribution in [3.05, 3.63) is 29.8 Å². The highest BCUT2D eigenvalue weighted by Crippen LogP contribution is 2.31. The summed E-state index contributed by atoms with van der Waals surface area (Å²) in [6, 6.07) is 5.30. The van der Waals surface area contributed by atoms with Gasteiger partial charge in [0.1, 0.15) is 13.2 Å². The summed E-state index contributed by atoms with van der Waals surface area (Å²) >= 11 is 0. The minimum atomic E-state index is -0.851. The van der Waals surface area contributed by atoms with Crippen LogP contribution in [0.25, 0.3) is 6.08 Å². The third-order valence-corrected chi connectivity index (χ3v) is 2.47. The summed E-state index contributed by atoms with van der Waals surface area (Å²) in [7, 11) is 0. The molecular formula is C14H14O5. The molecule has 1 aliphatic rings. The third kappa shape index (κ3) is 3.34. The predicted octanol–water partition coefficient (Wildman–Crippen LogP) is 1.60. The molecule has 1 aromatic rings. The number of hydrogen-bond acceptors (Lipinski definition) is 5. The van der Waals surface area contributed by atoms with E-state index in [1.807, 2.05) is 0 Å². The lowest BCUT2D eigenvalue weighted by Gasteiger charge is -2.18. The molecule has 0 spiro atoms. The lowest BCUT2D eigenvalue weighted by atomic mass is 10.1. The fraction of sp³-hybridized carbons (Fsp3) is 0.286. The third-order valence-electron chi connectivity index (χ3n) is 2.47. The van der Waals surface area contributed by atoms with Gasteiger partial charge in [-0.25, -0.2) is 4.79 Å². The number of esters is 1. The molecule has 100 valence electrons. The lowest BCUT2D eigenvalue weighted by molar-refractivity contribution is -0.151. The topological polar surface area (TPSA) is 61.8 Å². The molecule has 0 fully saturated rings. The largest absolute Gasteiger partial charge is 0.486 e. The van der Waals surface area contributed by atoms with Crippen LogP contribution in [0.1, 0.15) is 12.5 Å². The number of carbonyl (C=O) groups is 2.